The molecule has 0 atom stereocenters. The van der Waals surface area contributed by atoms with Gasteiger partial charge in [0.15, 0.2) is 4.34 Å². The lowest BCUT2D eigenvalue weighted by Gasteiger charge is -2.06. The van der Waals surface area contributed by atoms with Crippen LogP contribution in [-0.2, 0) is 0 Å². The van der Waals surface area contributed by atoms with E-state index in [0.717, 1.165) is 15.9 Å². The average Bonchev–Trinajstić information content (AvgIpc) is 3.11. The molecule has 0 bridgehead atoms. The Morgan fingerprint density at radius 3 is 2.86 bits per heavy atom. The van der Waals surface area contributed by atoms with Crippen LogP contribution >= 0.6 is 23.1 Å². The number of nitrogens with zero attached hydrogens (tertiary/aromatic N) is 7. The van der Waals surface area contributed by atoms with Crippen LogP contribution in [0.15, 0.2) is 28.0 Å². The van der Waals surface area contributed by atoms with E-state index in [1.165, 1.54) is 23.1 Å². The quantitative estimate of drug-likeness (QED) is 0.760. The fourth-order valence-corrected chi connectivity index (χ4v) is 3.18. The van der Waals surface area contributed by atoms with E-state index in [1.54, 1.807) is 17.1 Å². The van der Waals surface area contributed by atoms with Crippen molar-refractivity contribution in [3.05, 3.63) is 23.5 Å². The Balaban J connectivity index is 1.95. The molecule has 0 spiro atoms. The second-order valence-corrected chi connectivity index (χ2v) is 6.31. The maximum atomic E-state index is 4.40. The predicted molar refractivity (Wildman–Crippen MR) is 79.9 cm³/mol. The van der Waals surface area contributed by atoms with Crippen LogP contribution in [0.25, 0.3) is 5.95 Å². The molecular formula is C11H12N8S2. The van der Waals surface area contributed by atoms with Crippen LogP contribution in [-0.4, -0.2) is 41.5 Å². The lowest BCUT2D eigenvalue weighted by molar-refractivity contribution is 0.760. The second kappa shape index (κ2) is 6.14. The normalized spacial score (nSPS) is 10.8. The van der Waals surface area contributed by atoms with Gasteiger partial charge in [0.1, 0.15) is 5.01 Å². The number of anilines is 1. The van der Waals surface area contributed by atoms with Gasteiger partial charge in [-0.05, 0) is 31.7 Å². The standard InChI is InChI=1S/C11H12N8S2/c1-3-12-8-14-9(19-6-4-5-13-19)16-10(15-8)21-11-18-17-7(2)20-11/h4-6H,3H2,1-2H3,(H,12,14,15,16). The van der Waals surface area contributed by atoms with E-state index in [4.69, 9.17) is 0 Å². The summed E-state index contributed by atoms with van der Waals surface area (Å²) in [6.07, 6.45) is 3.46. The largest absolute Gasteiger partial charge is 0.354 e. The SMILES string of the molecule is CCNc1nc(Sc2nnc(C)s2)nc(-n2cccn2)n1. The topological polar surface area (TPSA) is 94.3 Å². The van der Waals surface area contributed by atoms with Gasteiger partial charge in [-0.1, -0.05) is 11.3 Å². The molecule has 0 amide bonds. The summed E-state index contributed by atoms with van der Waals surface area (Å²) < 4.78 is 2.39. The van der Waals surface area contributed by atoms with Crippen LogP contribution in [0.5, 0.6) is 0 Å². The molecule has 3 aromatic rings. The smallest absolute Gasteiger partial charge is 0.256 e. The number of aromatic nitrogens is 7. The Morgan fingerprint density at radius 2 is 2.19 bits per heavy atom. The number of aryl methyl sites for hydroxylation is 1. The van der Waals surface area contributed by atoms with Crippen LogP contribution in [0.3, 0.4) is 0 Å². The van der Waals surface area contributed by atoms with E-state index in [-0.39, 0.29) is 0 Å². The predicted octanol–water partition coefficient (Wildman–Crippen LogP) is 1.80. The molecule has 3 aromatic heterocycles. The molecule has 0 saturated heterocycles. The third-order valence-corrected chi connectivity index (χ3v) is 4.09. The van der Waals surface area contributed by atoms with Crippen molar-refractivity contribution >= 4 is 29.0 Å². The van der Waals surface area contributed by atoms with E-state index in [0.29, 0.717) is 17.1 Å². The molecule has 0 aliphatic heterocycles. The monoisotopic (exact) mass is 320 g/mol. The maximum Gasteiger partial charge on any atom is 0.256 e. The highest BCUT2D eigenvalue weighted by Gasteiger charge is 2.11. The molecule has 0 radical (unpaired) electrons. The summed E-state index contributed by atoms with van der Waals surface area (Å²) in [6, 6.07) is 1.82. The van der Waals surface area contributed by atoms with Crippen molar-refractivity contribution in [1.82, 2.24) is 34.9 Å². The minimum atomic E-state index is 0.467. The molecule has 0 saturated carbocycles. The van der Waals surface area contributed by atoms with Crippen molar-refractivity contribution in [2.24, 2.45) is 0 Å². The van der Waals surface area contributed by atoms with Gasteiger partial charge >= 0.3 is 0 Å². The molecule has 108 valence electrons. The van der Waals surface area contributed by atoms with Crippen molar-refractivity contribution in [2.75, 3.05) is 11.9 Å². The third kappa shape index (κ3) is 3.34. The molecule has 0 aromatic carbocycles. The number of rotatable bonds is 5. The molecule has 3 rings (SSSR count). The van der Waals surface area contributed by atoms with Crippen molar-refractivity contribution in [1.29, 1.82) is 0 Å². The minimum Gasteiger partial charge on any atom is -0.354 e. The molecular weight excluding hydrogens is 308 g/mol. The van der Waals surface area contributed by atoms with Crippen LogP contribution in [0, 0.1) is 6.92 Å². The Labute approximate surface area is 129 Å². The summed E-state index contributed by atoms with van der Waals surface area (Å²) in [5.74, 6) is 0.983. The minimum absolute atomic E-state index is 0.467. The third-order valence-electron chi connectivity index (χ3n) is 2.33. The Morgan fingerprint density at radius 1 is 1.29 bits per heavy atom. The Kier molecular flexibility index (Phi) is 4.06. The Bertz CT molecular complexity index is 724. The zero-order valence-electron chi connectivity index (χ0n) is 11.4. The molecule has 0 aliphatic carbocycles. The van der Waals surface area contributed by atoms with Crippen LogP contribution in [0.1, 0.15) is 11.9 Å². The number of hydrogen-bond donors (Lipinski definition) is 1. The molecule has 0 aliphatic rings. The fourth-order valence-electron chi connectivity index (χ4n) is 1.52. The zero-order valence-corrected chi connectivity index (χ0v) is 13.0. The van der Waals surface area contributed by atoms with Crippen LogP contribution in [0.2, 0.25) is 0 Å². The molecule has 0 unspecified atom stereocenters. The fraction of sp³-hybridized carbons (Fsp3) is 0.273. The summed E-state index contributed by atoms with van der Waals surface area (Å²) in [4.78, 5) is 13.1. The molecule has 1 N–H and O–H groups in total. The van der Waals surface area contributed by atoms with Crippen LogP contribution in [0.4, 0.5) is 5.95 Å². The van der Waals surface area contributed by atoms with E-state index in [2.05, 4.69) is 35.6 Å². The first kappa shape index (κ1) is 13.9. The van der Waals surface area contributed by atoms with Crippen molar-refractivity contribution in [2.45, 2.75) is 23.3 Å². The van der Waals surface area contributed by atoms with Gasteiger partial charge in [0.25, 0.3) is 5.95 Å². The summed E-state index contributed by atoms with van der Waals surface area (Å²) in [5, 5.41) is 16.8. The maximum absolute atomic E-state index is 4.40. The van der Waals surface area contributed by atoms with Gasteiger partial charge in [0, 0.05) is 18.9 Å². The van der Waals surface area contributed by atoms with Crippen molar-refractivity contribution in [3.8, 4) is 5.95 Å². The van der Waals surface area contributed by atoms with Gasteiger partial charge in [-0.25, -0.2) is 4.68 Å². The van der Waals surface area contributed by atoms with Gasteiger partial charge in [-0.3, -0.25) is 0 Å². The highest BCUT2D eigenvalue weighted by Crippen LogP contribution is 2.28. The van der Waals surface area contributed by atoms with E-state index in [1.807, 2.05) is 19.9 Å². The first-order valence-electron chi connectivity index (χ1n) is 6.22. The van der Waals surface area contributed by atoms with Crippen LogP contribution < -0.4 is 5.32 Å². The summed E-state index contributed by atoms with van der Waals surface area (Å²) >= 11 is 2.86. The first-order valence-corrected chi connectivity index (χ1v) is 7.86. The number of nitrogens with one attached hydrogen (secondary N) is 1. The highest BCUT2D eigenvalue weighted by molar-refractivity contribution is 8.00. The lowest BCUT2D eigenvalue weighted by Crippen LogP contribution is -2.09. The molecule has 3 heterocycles. The van der Waals surface area contributed by atoms with Crippen molar-refractivity contribution < 1.29 is 0 Å². The Hall–Kier alpha value is -2.07. The zero-order chi connectivity index (χ0) is 14.7. The molecule has 10 heteroatoms. The summed E-state index contributed by atoms with van der Waals surface area (Å²) in [6.45, 7) is 4.62. The molecule has 21 heavy (non-hydrogen) atoms. The highest BCUT2D eigenvalue weighted by atomic mass is 32.2. The van der Waals surface area contributed by atoms with Gasteiger partial charge in [-0.2, -0.15) is 20.1 Å². The molecule has 0 fully saturated rings. The van der Waals surface area contributed by atoms with E-state index >= 15 is 0 Å². The van der Waals surface area contributed by atoms with Gasteiger partial charge in [-0.15, -0.1) is 10.2 Å². The van der Waals surface area contributed by atoms with Gasteiger partial charge in [0.2, 0.25) is 11.1 Å². The van der Waals surface area contributed by atoms with E-state index < -0.39 is 0 Å². The summed E-state index contributed by atoms with van der Waals surface area (Å²) in [7, 11) is 0. The average molecular weight is 320 g/mol. The van der Waals surface area contributed by atoms with Gasteiger partial charge < -0.3 is 5.32 Å². The van der Waals surface area contributed by atoms with E-state index in [9.17, 15) is 0 Å². The van der Waals surface area contributed by atoms with Crippen molar-refractivity contribution in [3.63, 3.8) is 0 Å². The number of hydrogen-bond acceptors (Lipinski definition) is 9. The lowest BCUT2D eigenvalue weighted by atomic mass is 10.7. The second-order valence-electron chi connectivity index (χ2n) is 3.91. The summed E-state index contributed by atoms with van der Waals surface area (Å²) in [5.41, 5.74) is 0. The first-order chi connectivity index (χ1) is 10.2. The van der Waals surface area contributed by atoms with Gasteiger partial charge in [0.05, 0.1) is 0 Å². The molecule has 8 nitrogen and oxygen atoms in total.